The summed E-state index contributed by atoms with van der Waals surface area (Å²) in [6.07, 6.45) is 10.0. The number of aromatic nitrogens is 1. The molecule has 0 amide bonds. The van der Waals surface area contributed by atoms with Crippen LogP contribution in [-0.2, 0) is 21.7 Å². The van der Waals surface area contributed by atoms with Crippen LogP contribution in [0.3, 0.4) is 0 Å². The third-order valence-electron chi connectivity index (χ3n) is 5.03. The predicted molar refractivity (Wildman–Crippen MR) is 115 cm³/mol. The SMILES string of the molecule is [C-]1=CC=CC1.[Cl-].[Cl-].[Ti+4].c1ccc2[cH-]c(-n3c4ccccc4c4ccccc43)cc2c1. The minimum atomic E-state index is 0. The van der Waals surface area contributed by atoms with Gasteiger partial charge in [-0.05, 0) is 17.8 Å². The first-order chi connectivity index (χ1) is 13.4. The largest absolute Gasteiger partial charge is 4.00 e. The molecular formula is C26H19Cl2NTi. The molecule has 1 heterocycles. The van der Waals surface area contributed by atoms with Crippen molar-refractivity contribution in [2.75, 3.05) is 0 Å². The predicted octanol–water partition coefficient (Wildman–Crippen LogP) is 0.967. The zero-order valence-electron chi connectivity index (χ0n) is 16.2. The van der Waals surface area contributed by atoms with Crippen LogP contribution in [0.15, 0.2) is 103 Å². The quantitative estimate of drug-likeness (QED) is 0.258. The van der Waals surface area contributed by atoms with Crippen LogP contribution in [0, 0.1) is 6.08 Å². The van der Waals surface area contributed by atoms with Gasteiger partial charge in [-0.3, -0.25) is 6.08 Å². The number of hydrogen-bond acceptors (Lipinski definition) is 0. The topological polar surface area (TPSA) is 4.93 Å². The molecule has 0 saturated carbocycles. The molecule has 0 N–H and O–H groups in total. The summed E-state index contributed by atoms with van der Waals surface area (Å²) in [7, 11) is 0. The number of hydrogen-bond donors (Lipinski definition) is 0. The van der Waals surface area contributed by atoms with Gasteiger partial charge in [0.1, 0.15) is 0 Å². The molecule has 1 aliphatic rings. The zero-order chi connectivity index (χ0) is 18.1. The second-order valence-electron chi connectivity index (χ2n) is 6.72. The number of allylic oxidation sites excluding steroid dienone is 4. The van der Waals surface area contributed by atoms with Crippen molar-refractivity contribution in [2.45, 2.75) is 6.42 Å². The van der Waals surface area contributed by atoms with E-state index in [9.17, 15) is 0 Å². The second-order valence-corrected chi connectivity index (χ2v) is 6.72. The van der Waals surface area contributed by atoms with Gasteiger partial charge in [0, 0.05) is 10.8 Å². The standard InChI is InChI=1S/C21H14N.C5H5.2ClH.Ti/c1-2-8-16-14-17(13-15(16)7-1)22-20-11-5-3-9-18(20)19-10-4-6-12-21(19)22;1-2-4-5-3-1;;;/h1-14H;1-3H,4H2;2*1H;/q2*-1;;;+4/p-2. The van der Waals surface area contributed by atoms with Crippen LogP contribution in [-0.4, -0.2) is 4.57 Å². The van der Waals surface area contributed by atoms with Crippen molar-refractivity contribution in [3.8, 4) is 5.69 Å². The van der Waals surface area contributed by atoms with Crippen LogP contribution in [0.1, 0.15) is 6.42 Å². The molecule has 0 atom stereocenters. The number of fused-ring (bicyclic) bond motifs is 4. The molecule has 1 aromatic heterocycles. The summed E-state index contributed by atoms with van der Waals surface area (Å²) in [6, 6.07) is 30.3. The van der Waals surface area contributed by atoms with E-state index in [0.717, 1.165) is 6.42 Å². The molecule has 0 saturated heterocycles. The molecule has 30 heavy (non-hydrogen) atoms. The number of nitrogens with zero attached hydrogens (tertiary/aromatic N) is 1. The van der Waals surface area contributed by atoms with Gasteiger partial charge in [-0.1, -0.05) is 42.5 Å². The maximum atomic E-state index is 2.99. The van der Waals surface area contributed by atoms with Gasteiger partial charge in [0.05, 0.1) is 11.0 Å². The smallest absolute Gasteiger partial charge is 1.00 e. The summed E-state index contributed by atoms with van der Waals surface area (Å²) in [6.45, 7) is 0. The first kappa shape index (κ1) is 24.1. The Hall–Kier alpha value is -2.16. The Bertz CT molecular complexity index is 1210. The van der Waals surface area contributed by atoms with Gasteiger partial charge >= 0.3 is 21.7 Å². The third-order valence-corrected chi connectivity index (χ3v) is 5.03. The molecule has 4 heteroatoms. The molecule has 0 unspecified atom stereocenters. The normalized spacial score (nSPS) is 11.5. The summed E-state index contributed by atoms with van der Waals surface area (Å²) in [5.41, 5.74) is 3.76. The van der Waals surface area contributed by atoms with Crippen molar-refractivity contribution in [3.05, 3.63) is 109 Å². The molecule has 146 valence electrons. The van der Waals surface area contributed by atoms with Gasteiger partial charge in [-0.25, -0.2) is 12.2 Å². The minimum Gasteiger partial charge on any atom is -1.00 e. The molecule has 0 spiro atoms. The fourth-order valence-electron chi connectivity index (χ4n) is 3.80. The Morgan fingerprint density at radius 2 is 1.37 bits per heavy atom. The molecule has 4 aromatic carbocycles. The Morgan fingerprint density at radius 1 is 0.767 bits per heavy atom. The number of halogens is 2. The van der Waals surface area contributed by atoms with Crippen LogP contribution >= 0.6 is 0 Å². The second kappa shape index (κ2) is 10.7. The molecule has 0 radical (unpaired) electrons. The summed E-state index contributed by atoms with van der Waals surface area (Å²) < 4.78 is 2.37. The van der Waals surface area contributed by atoms with Gasteiger partial charge < -0.3 is 29.4 Å². The molecule has 0 aliphatic heterocycles. The van der Waals surface area contributed by atoms with Crippen molar-refractivity contribution in [1.82, 2.24) is 4.57 Å². The summed E-state index contributed by atoms with van der Waals surface area (Å²) in [5, 5.41) is 5.20. The van der Waals surface area contributed by atoms with Gasteiger partial charge in [-0.2, -0.15) is 6.08 Å². The number of para-hydroxylation sites is 2. The molecule has 0 bridgehead atoms. The Balaban J connectivity index is 0.000000356. The molecule has 1 aliphatic carbocycles. The summed E-state index contributed by atoms with van der Waals surface area (Å²) in [4.78, 5) is 0. The number of benzene rings is 3. The van der Waals surface area contributed by atoms with Crippen LogP contribution in [0.4, 0.5) is 0 Å². The van der Waals surface area contributed by atoms with Crippen molar-refractivity contribution in [3.63, 3.8) is 0 Å². The van der Waals surface area contributed by atoms with Crippen molar-refractivity contribution in [1.29, 1.82) is 0 Å². The van der Waals surface area contributed by atoms with E-state index in [1.165, 1.54) is 38.3 Å². The van der Waals surface area contributed by atoms with E-state index in [1.54, 1.807) is 0 Å². The third kappa shape index (κ3) is 4.45. The van der Waals surface area contributed by atoms with E-state index < -0.39 is 0 Å². The van der Waals surface area contributed by atoms with Gasteiger partial charge in [0.25, 0.3) is 0 Å². The maximum absolute atomic E-state index is 2.99. The van der Waals surface area contributed by atoms with Crippen LogP contribution in [0.5, 0.6) is 0 Å². The van der Waals surface area contributed by atoms with Gasteiger partial charge in [0.15, 0.2) is 0 Å². The maximum Gasteiger partial charge on any atom is 4.00 e. The molecular weight excluding hydrogens is 445 g/mol. The van der Waals surface area contributed by atoms with E-state index >= 15 is 0 Å². The van der Waals surface area contributed by atoms with E-state index in [4.69, 9.17) is 0 Å². The molecule has 6 rings (SSSR count). The summed E-state index contributed by atoms with van der Waals surface area (Å²) >= 11 is 0. The van der Waals surface area contributed by atoms with E-state index in [-0.39, 0.29) is 46.5 Å². The average molecular weight is 464 g/mol. The Labute approximate surface area is 204 Å². The monoisotopic (exact) mass is 463 g/mol. The van der Waals surface area contributed by atoms with Crippen molar-refractivity contribution in [2.24, 2.45) is 0 Å². The minimum absolute atomic E-state index is 0. The van der Waals surface area contributed by atoms with Crippen LogP contribution in [0.2, 0.25) is 0 Å². The summed E-state index contributed by atoms with van der Waals surface area (Å²) in [5.74, 6) is 0. The van der Waals surface area contributed by atoms with Crippen molar-refractivity contribution >= 4 is 32.6 Å². The fraction of sp³-hybridized carbons (Fsp3) is 0.0385. The molecule has 5 aromatic rings. The van der Waals surface area contributed by atoms with Gasteiger partial charge in [-0.15, -0.1) is 47.5 Å². The van der Waals surface area contributed by atoms with E-state index in [1.807, 2.05) is 12.2 Å². The zero-order valence-corrected chi connectivity index (χ0v) is 19.3. The molecule has 0 fully saturated rings. The van der Waals surface area contributed by atoms with E-state index in [2.05, 4.69) is 102 Å². The first-order valence-electron chi connectivity index (χ1n) is 9.27. The van der Waals surface area contributed by atoms with Crippen molar-refractivity contribution < 1.29 is 46.5 Å². The first-order valence-corrected chi connectivity index (χ1v) is 9.27. The number of rotatable bonds is 1. The van der Waals surface area contributed by atoms with Crippen LogP contribution < -0.4 is 24.8 Å². The van der Waals surface area contributed by atoms with Crippen LogP contribution in [0.25, 0.3) is 38.3 Å². The van der Waals surface area contributed by atoms with Gasteiger partial charge in [0.2, 0.25) is 0 Å². The Morgan fingerprint density at radius 3 is 1.90 bits per heavy atom. The molecule has 1 nitrogen and oxygen atoms in total. The average Bonchev–Trinajstić information content (AvgIpc) is 3.46. The fourth-order valence-corrected chi connectivity index (χ4v) is 3.80. The van der Waals surface area contributed by atoms with E-state index in [0.29, 0.717) is 0 Å². The Kier molecular flexibility index (Phi) is 8.64.